The summed E-state index contributed by atoms with van der Waals surface area (Å²) in [6.45, 7) is 6.36. The van der Waals surface area contributed by atoms with Gasteiger partial charge in [0.15, 0.2) is 0 Å². The van der Waals surface area contributed by atoms with Gasteiger partial charge in [0.25, 0.3) is 5.91 Å². The number of aryl methyl sites for hydroxylation is 1. The molecular formula is C25H28N2O. The van der Waals surface area contributed by atoms with Crippen molar-refractivity contribution in [2.24, 2.45) is 0 Å². The van der Waals surface area contributed by atoms with Gasteiger partial charge in [0.05, 0.1) is 16.8 Å². The Morgan fingerprint density at radius 2 is 1.82 bits per heavy atom. The molecule has 0 fully saturated rings. The van der Waals surface area contributed by atoms with Gasteiger partial charge in [0.2, 0.25) is 0 Å². The van der Waals surface area contributed by atoms with E-state index in [4.69, 9.17) is 0 Å². The molecule has 1 amide bonds. The molecule has 3 nitrogen and oxygen atoms in total. The van der Waals surface area contributed by atoms with Gasteiger partial charge in [-0.25, -0.2) is 0 Å². The minimum absolute atomic E-state index is 0.0789. The topological polar surface area (TPSA) is 42.0 Å². The molecule has 0 spiro atoms. The Morgan fingerprint density at radius 3 is 2.61 bits per heavy atom. The Balaban J connectivity index is 2.02. The van der Waals surface area contributed by atoms with Crippen molar-refractivity contribution < 1.29 is 4.79 Å². The Morgan fingerprint density at radius 1 is 1.04 bits per heavy atom. The summed E-state index contributed by atoms with van der Waals surface area (Å²) in [6.07, 6.45) is 8.19. The number of carbonyl (C=O) groups is 1. The number of rotatable bonds is 7. The second-order valence-electron chi connectivity index (χ2n) is 7.10. The number of hydrogen-bond acceptors (Lipinski definition) is 2. The standard InChI is InChI=1S/C25H28N2O/c1-4-6-12-19(10-5-2)21-15-7-11-18(3)23(21)25(28)27-22-16-8-13-20-14-9-17-26-24(20)22/h7-9,11-17H,4-6,10H2,1-3H3,(H,27,28)/b19-12+. The zero-order valence-corrected chi connectivity index (χ0v) is 17.0. The normalized spacial score (nSPS) is 11.6. The van der Waals surface area contributed by atoms with Crippen LogP contribution in [0.2, 0.25) is 0 Å². The second kappa shape index (κ2) is 9.32. The van der Waals surface area contributed by atoms with Crippen LogP contribution in [0.5, 0.6) is 0 Å². The van der Waals surface area contributed by atoms with E-state index in [-0.39, 0.29) is 5.91 Å². The first kappa shape index (κ1) is 19.8. The molecule has 0 aliphatic rings. The van der Waals surface area contributed by atoms with Crippen molar-refractivity contribution in [3.05, 3.63) is 77.5 Å². The van der Waals surface area contributed by atoms with Gasteiger partial charge in [-0.05, 0) is 48.6 Å². The summed E-state index contributed by atoms with van der Waals surface area (Å²) < 4.78 is 0. The van der Waals surface area contributed by atoms with Crippen LogP contribution in [0.15, 0.2) is 60.8 Å². The monoisotopic (exact) mass is 372 g/mol. The molecule has 1 N–H and O–H groups in total. The molecule has 28 heavy (non-hydrogen) atoms. The Bertz CT molecular complexity index is 999. The van der Waals surface area contributed by atoms with Crippen LogP contribution in [0, 0.1) is 6.92 Å². The fraction of sp³-hybridized carbons (Fsp3) is 0.280. The predicted octanol–water partition coefficient (Wildman–Crippen LogP) is 6.78. The highest BCUT2D eigenvalue weighted by Crippen LogP contribution is 2.28. The maximum Gasteiger partial charge on any atom is 0.256 e. The lowest BCUT2D eigenvalue weighted by Gasteiger charge is -2.16. The van der Waals surface area contributed by atoms with Gasteiger partial charge in [-0.2, -0.15) is 0 Å². The van der Waals surface area contributed by atoms with Gasteiger partial charge in [-0.3, -0.25) is 9.78 Å². The van der Waals surface area contributed by atoms with E-state index in [1.807, 2.05) is 49.4 Å². The van der Waals surface area contributed by atoms with Gasteiger partial charge in [0, 0.05) is 11.6 Å². The highest BCUT2D eigenvalue weighted by atomic mass is 16.1. The summed E-state index contributed by atoms with van der Waals surface area (Å²) in [5.74, 6) is -0.0789. The molecule has 1 aromatic heterocycles. The number of aromatic nitrogens is 1. The smallest absolute Gasteiger partial charge is 0.256 e. The van der Waals surface area contributed by atoms with Crippen LogP contribution in [0.25, 0.3) is 16.5 Å². The van der Waals surface area contributed by atoms with E-state index in [9.17, 15) is 4.79 Å². The molecule has 0 aliphatic heterocycles. The molecule has 1 heterocycles. The lowest BCUT2D eigenvalue weighted by Crippen LogP contribution is -2.16. The largest absolute Gasteiger partial charge is 0.320 e. The molecule has 0 radical (unpaired) electrons. The van der Waals surface area contributed by atoms with Crippen molar-refractivity contribution in [1.82, 2.24) is 4.98 Å². The quantitative estimate of drug-likeness (QED) is 0.497. The van der Waals surface area contributed by atoms with Crippen molar-refractivity contribution in [1.29, 1.82) is 0 Å². The minimum Gasteiger partial charge on any atom is -0.320 e. The first-order valence-corrected chi connectivity index (χ1v) is 10.1. The third-order valence-corrected chi connectivity index (χ3v) is 4.93. The molecule has 0 aliphatic carbocycles. The van der Waals surface area contributed by atoms with Crippen LogP contribution in [0.4, 0.5) is 5.69 Å². The third kappa shape index (κ3) is 4.30. The number of nitrogens with one attached hydrogen (secondary N) is 1. The molecule has 3 heteroatoms. The summed E-state index contributed by atoms with van der Waals surface area (Å²) >= 11 is 0. The first-order chi connectivity index (χ1) is 13.7. The molecule has 2 aromatic carbocycles. The van der Waals surface area contributed by atoms with E-state index in [1.54, 1.807) is 6.20 Å². The van der Waals surface area contributed by atoms with Crippen molar-refractivity contribution in [3.8, 4) is 0 Å². The lowest BCUT2D eigenvalue weighted by molar-refractivity contribution is 0.102. The summed E-state index contributed by atoms with van der Waals surface area (Å²) in [6, 6.07) is 15.9. The number of allylic oxidation sites excluding steroid dienone is 2. The zero-order valence-electron chi connectivity index (χ0n) is 17.0. The molecule has 0 atom stereocenters. The maximum atomic E-state index is 13.3. The summed E-state index contributed by atoms with van der Waals surface area (Å²) in [7, 11) is 0. The van der Waals surface area contributed by atoms with E-state index in [0.29, 0.717) is 0 Å². The highest BCUT2D eigenvalue weighted by Gasteiger charge is 2.17. The second-order valence-corrected chi connectivity index (χ2v) is 7.10. The third-order valence-electron chi connectivity index (χ3n) is 4.93. The molecule has 0 saturated heterocycles. The molecular weight excluding hydrogens is 344 g/mol. The number of benzene rings is 2. The number of nitrogens with zero attached hydrogens (tertiary/aromatic N) is 1. The van der Waals surface area contributed by atoms with E-state index >= 15 is 0 Å². The number of hydrogen-bond donors (Lipinski definition) is 1. The Labute approximate surface area is 167 Å². The number of fused-ring (bicyclic) bond motifs is 1. The summed E-state index contributed by atoms with van der Waals surface area (Å²) in [5.41, 5.74) is 5.60. The fourth-order valence-corrected chi connectivity index (χ4v) is 3.56. The molecule has 0 unspecified atom stereocenters. The van der Waals surface area contributed by atoms with E-state index in [1.165, 1.54) is 5.57 Å². The number of para-hydroxylation sites is 1. The number of amides is 1. The molecule has 144 valence electrons. The van der Waals surface area contributed by atoms with Gasteiger partial charge < -0.3 is 5.32 Å². The highest BCUT2D eigenvalue weighted by molar-refractivity contribution is 6.11. The van der Waals surface area contributed by atoms with Crippen molar-refractivity contribution in [3.63, 3.8) is 0 Å². The average Bonchev–Trinajstić information content (AvgIpc) is 2.71. The fourth-order valence-electron chi connectivity index (χ4n) is 3.56. The molecule has 3 aromatic rings. The number of pyridine rings is 1. The van der Waals surface area contributed by atoms with E-state index in [2.05, 4.69) is 36.3 Å². The molecule has 0 bridgehead atoms. The summed E-state index contributed by atoms with van der Waals surface area (Å²) in [4.78, 5) is 17.8. The Hall–Kier alpha value is -2.94. The van der Waals surface area contributed by atoms with Crippen LogP contribution in [-0.2, 0) is 0 Å². The average molecular weight is 373 g/mol. The van der Waals surface area contributed by atoms with E-state index < -0.39 is 0 Å². The van der Waals surface area contributed by atoms with Crippen LogP contribution >= 0.6 is 0 Å². The van der Waals surface area contributed by atoms with E-state index in [0.717, 1.165) is 59.0 Å². The van der Waals surface area contributed by atoms with Crippen molar-refractivity contribution in [2.75, 3.05) is 5.32 Å². The SMILES string of the molecule is CCC/C=C(\CCC)c1cccc(C)c1C(=O)Nc1cccc2cccnc12. The maximum absolute atomic E-state index is 13.3. The van der Waals surface area contributed by atoms with Crippen LogP contribution in [0.1, 0.15) is 61.0 Å². The van der Waals surface area contributed by atoms with Gasteiger partial charge in [0.1, 0.15) is 0 Å². The minimum atomic E-state index is -0.0789. The van der Waals surface area contributed by atoms with Crippen LogP contribution < -0.4 is 5.32 Å². The van der Waals surface area contributed by atoms with Crippen molar-refractivity contribution >= 4 is 28.1 Å². The Kier molecular flexibility index (Phi) is 6.59. The predicted molar refractivity (Wildman–Crippen MR) is 119 cm³/mol. The van der Waals surface area contributed by atoms with Gasteiger partial charge >= 0.3 is 0 Å². The number of carbonyl (C=O) groups excluding carboxylic acids is 1. The van der Waals surface area contributed by atoms with Crippen LogP contribution in [-0.4, -0.2) is 10.9 Å². The molecule has 0 saturated carbocycles. The van der Waals surface area contributed by atoms with Gasteiger partial charge in [-0.1, -0.05) is 69.2 Å². The first-order valence-electron chi connectivity index (χ1n) is 10.1. The van der Waals surface area contributed by atoms with Crippen molar-refractivity contribution in [2.45, 2.75) is 46.5 Å². The van der Waals surface area contributed by atoms with Crippen LogP contribution in [0.3, 0.4) is 0 Å². The lowest BCUT2D eigenvalue weighted by atomic mass is 9.92. The number of unbranched alkanes of at least 4 members (excludes halogenated alkanes) is 1. The summed E-state index contributed by atoms with van der Waals surface area (Å²) in [5, 5.41) is 4.12. The zero-order chi connectivity index (χ0) is 19.9. The molecule has 3 rings (SSSR count). The van der Waals surface area contributed by atoms with Gasteiger partial charge in [-0.15, -0.1) is 0 Å². The number of anilines is 1.